The largest absolute Gasteiger partial charge is 0.456 e. The number of nitrogens with one attached hydrogen (secondary N) is 1. The van der Waals surface area contributed by atoms with Crippen LogP contribution in [0.1, 0.15) is 0 Å². The number of aromatic nitrogens is 8. The highest BCUT2D eigenvalue weighted by molar-refractivity contribution is 6.08. The normalized spacial score (nSPS) is 12.6. The summed E-state index contributed by atoms with van der Waals surface area (Å²) in [5.41, 5.74) is 19.1. The molecule has 61 heavy (non-hydrogen) atoms. The van der Waals surface area contributed by atoms with Gasteiger partial charge in [-0.1, -0.05) is 60.7 Å². The van der Waals surface area contributed by atoms with E-state index >= 15 is 0 Å². The van der Waals surface area contributed by atoms with Crippen molar-refractivity contribution >= 4 is 106 Å². The van der Waals surface area contributed by atoms with Crippen molar-refractivity contribution in [3.63, 3.8) is 0 Å². The van der Waals surface area contributed by atoms with E-state index < -0.39 is 0 Å². The van der Waals surface area contributed by atoms with Crippen LogP contribution in [0.15, 0.2) is 173 Å². The fraction of sp³-hybridized carbons (Fsp3) is 0. The number of H-pyrrole nitrogens is 1. The van der Waals surface area contributed by atoms with E-state index in [0.29, 0.717) is 5.84 Å². The van der Waals surface area contributed by atoms with Crippen LogP contribution < -0.4 is 0 Å². The van der Waals surface area contributed by atoms with Crippen LogP contribution >= 0.6 is 0 Å². The van der Waals surface area contributed by atoms with Gasteiger partial charge in [-0.15, -0.1) is 0 Å². The molecule has 10 nitrogen and oxygen atoms in total. The highest BCUT2D eigenvalue weighted by atomic mass is 16.4. The molecule has 1 N–H and O–H groups in total. The maximum atomic E-state index is 6.43. The van der Waals surface area contributed by atoms with Gasteiger partial charge in [0.05, 0.1) is 66.4 Å². The Morgan fingerprint density at radius 1 is 0.393 bits per heavy atom. The second kappa shape index (κ2) is 11.1. The van der Waals surface area contributed by atoms with E-state index in [9.17, 15) is 0 Å². The summed E-state index contributed by atoms with van der Waals surface area (Å²) in [4.78, 5) is 18.3. The molecule has 10 heteroatoms. The van der Waals surface area contributed by atoms with E-state index in [0.717, 1.165) is 128 Å². The van der Waals surface area contributed by atoms with Crippen LogP contribution in [0.2, 0.25) is 0 Å². The maximum absolute atomic E-state index is 6.43. The summed E-state index contributed by atoms with van der Waals surface area (Å²) in [7, 11) is 0. The van der Waals surface area contributed by atoms with Gasteiger partial charge in [0.25, 0.3) is 0 Å². The summed E-state index contributed by atoms with van der Waals surface area (Å²) in [6.07, 6.45) is 0. The number of rotatable bonds is 3. The highest BCUT2D eigenvalue weighted by Crippen LogP contribution is 2.38. The van der Waals surface area contributed by atoms with Crippen molar-refractivity contribution in [2.24, 2.45) is 0 Å². The number of benzene rings is 8. The number of furan rings is 1. The molecule has 0 fully saturated rings. The van der Waals surface area contributed by atoms with Crippen molar-refractivity contribution in [3.8, 4) is 27.9 Å². The maximum Gasteiger partial charge on any atom is 0.307 e. The van der Waals surface area contributed by atoms with Crippen LogP contribution in [0, 0.1) is 0 Å². The van der Waals surface area contributed by atoms with Crippen molar-refractivity contribution < 1.29 is 8.83 Å². The van der Waals surface area contributed by atoms with Gasteiger partial charge in [0.2, 0.25) is 11.6 Å². The Bertz CT molecular complexity index is 4370. The highest BCUT2D eigenvalue weighted by Gasteiger charge is 2.21. The summed E-state index contributed by atoms with van der Waals surface area (Å²) in [6.45, 7) is 0. The predicted octanol–water partition coefficient (Wildman–Crippen LogP) is 12.5. The van der Waals surface area contributed by atoms with Gasteiger partial charge in [-0.05, 0) is 125 Å². The van der Waals surface area contributed by atoms with E-state index in [-0.39, 0.29) is 0 Å². The zero-order valence-corrected chi connectivity index (χ0v) is 32.0. The third-order valence-electron chi connectivity index (χ3n) is 12.6. The molecule has 0 amide bonds. The van der Waals surface area contributed by atoms with Gasteiger partial charge in [-0.25, -0.2) is 9.97 Å². The van der Waals surface area contributed by atoms with Crippen molar-refractivity contribution in [1.29, 1.82) is 0 Å². The van der Waals surface area contributed by atoms with Crippen LogP contribution in [0.3, 0.4) is 0 Å². The van der Waals surface area contributed by atoms with Crippen LogP contribution in [0.4, 0.5) is 0 Å². The Balaban J connectivity index is 0.893. The molecule has 0 saturated heterocycles. The summed E-state index contributed by atoms with van der Waals surface area (Å²) in [6, 6.07) is 57.3. The molecule has 0 aliphatic rings. The molecule has 0 atom stereocenters. The predicted molar refractivity (Wildman–Crippen MR) is 242 cm³/mol. The Hall–Kier alpha value is -8.63. The fourth-order valence-corrected chi connectivity index (χ4v) is 9.76. The topological polar surface area (TPSA) is 98.9 Å². The second-order valence-electron chi connectivity index (χ2n) is 15.9. The van der Waals surface area contributed by atoms with Gasteiger partial charge >= 0.3 is 5.84 Å². The van der Waals surface area contributed by atoms with E-state index in [2.05, 4.69) is 156 Å². The van der Waals surface area contributed by atoms with Crippen LogP contribution in [0.5, 0.6) is 0 Å². The minimum atomic E-state index is 0.578. The van der Waals surface area contributed by atoms with Gasteiger partial charge in [-0.2, -0.15) is 4.98 Å². The number of aromatic amines is 1. The second-order valence-corrected chi connectivity index (χ2v) is 15.9. The number of hydrogen-bond acceptors (Lipinski definition) is 5. The average molecular weight is 785 g/mol. The van der Waals surface area contributed by atoms with Gasteiger partial charge in [0, 0.05) is 10.8 Å². The molecule has 7 aromatic heterocycles. The first kappa shape index (κ1) is 31.4. The minimum absolute atomic E-state index is 0.578. The standard InChI is InChI=1S/C51H28N8O2/c1-3-9-39-35(7-1)52-49-53-37-18-13-30(25-43(37)57(39)49)28-15-21-46-33(23-28)34-24-29(16-22-47(34)60-46)31-14-20-41-45(26-31)58-40-10-4-2-8-36(40)54-50(58)56(41)32-17-19-38-44(27-32)59-42-11-5-6-12-48(42)61-51(59)55-38/h1-27H,(H,52,53). The first-order chi connectivity index (χ1) is 30.2. The first-order valence-electron chi connectivity index (χ1n) is 20.3. The van der Waals surface area contributed by atoms with Gasteiger partial charge < -0.3 is 13.8 Å². The van der Waals surface area contributed by atoms with E-state index in [1.165, 1.54) is 0 Å². The molecule has 15 rings (SSSR count). The molecule has 7 heterocycles. The molecule has 0 bridgehead atoms. The molecule has 8 aromatic carbocycles. The van der Waals surface area contributed by atoms with Crippen LogP contribution in [0.25, 0.3) is 134 Å². The number of oxazole rings is 1. The Labute approximate surface area is 342 Å². The zero-order valence-electron chi connectivity index (χ0n) is 32.0. The van der Waals surface area contributed by atoms with Crippen molar-refractivity contribution in [2.75, 3.05) is 0 Å². The van der Waals surface area contributed by atoms with Crippen LogP contribution in [-0.2, 0) is 0 Å². The summed E-state index contributed by atoms with van der Waals surface area (Å²) >= 11 is 0. The lowest BCUT2D eigenvalue weighted by Crippen LogP contribution is -1.95. The number of fused-ring (bicyclic) bond motifs is 18. The van der Waals surface area contributed by atoms with Gasteiger partial charge in [0.15, 0.2) is 5.58 Å². The SMILES string of the molecule is c1ccc2c(c1)nc1[nH]c3ccc(-c4ccc5oc6ccc(-c7ccc8c(c7)n7c9ccccc9nc7n8-c7ccc8nc9oc%10ccccc%10n9c8c7)cc6c5c4)cc3n12. The molecular formula is C51H28N8O2. The molecule has 0 radical (unpaired) electrons. The lowest BCUT2D eigenvalue weighted by atomic mass is 9.99. The third kappa shape index (κ3) is 4.17. The molecule has 0 aliphatic heterocycles. The lowest BCUT2D eigenvalue weighted by molar-refractivity contribution is 0.643. The molecular weight excluding hydrogens is 757 g/mol. The summed E-state index contributed by atoms with van der Waals surface area (Å²) < 4.78 is 21.4. The Kier molecular flexibility index (Phi) is 5.71. The van der Waals surface area contributed by atoms with Crippen molar-refractivity contribution in [3.05, 3.63) is 164 Å². The number of hydrogen-bond donors (Lipinski definition) is 1. The van der Waals surface area contributed by atoms with Gasteiger partial charge in [-0.3, -0.25) is 17.8 Å². The smallest absolute Gasteiger partial charge is 0.307 e. The molecule has 0 aliphatic carbocycles. The molecule has 284 valence electrons. The Morgan fingerprint density at radius 3 is 1.84 bits per heavy atom. The number of nitrogens with zero attached hydrogens (tertiary/aromatic N) is 7. The minimum Gasteiger partial charge on any atom is -0.456 e. The fourth-order valence-electron chi connectivity index (χ4n) is 9.76. The summed E-state index contributed by atoms with van der Waals surface area (Å²) in [5, 5.41) is 2.15. The van der Waals surface area contributed by atoms with Crippen LogP contribution in [-0.4, -0.2) is 37.7 Å². The quantitative estimate of drug-likeness (QED) is 0.192. The number of imidazole rings is 5. The molecule has 15 aromatic rings. The summed E-state index contributed by atoms with van der Waals surface area (Å²) in [5.74, 6) is 2.26. The third-order valence-corrected chi connectivity index (χ3v) is 12.6. The zero-order chi connectivity index (χ0) is 39.5. The monoisotopic (exact) mass is 784 g/mol. The molecule has 0 spiro atoms. The van der Waals surface area contributed by atoms with Gasteiger partial charge in [0.1, 0.15) is 11.2 Å². The van der Waals surface area contributed by atoms with Crippen molar-refractivity contribution in [2.45, 2.75) is 0 Å². The molecule has 0 unspecified atom stereocenters. The number of para-hydroxylation sites is 6. The molecule has 0 saturated carbocycles. The van der Waals surface area contributed by atoms with E-state index in [4.69, 9.17) is 23.8 Å². The average Bonchev–Trinajstić information content (AvgIpc) is 4.16. The van der Waals surface area contributed by atoms with E-state index in [1.807, 2.05) is 30.3 Å². The first-order valence-corrected chi connectivity index (χ1v) is 20.3. The van der Waals surface area contributed by atoms with E-state index in [1.54, 1.807) is 0 Å². The lowest BCUT2D eigenvalue weighted by Gasteiger charge is -2.07. The van der Waals surface area contributed by atoms with Crippen molar-refractivity contribution in [1.82, 2.24) is 37.7 Å². The Morgan fingerprint density at radius 2 is 1.03 bits per heavy atom.